The molecule has 0 unspecified atom stereocenters. The van der Waals surface area contributed by atoms with Gasteiger partial charge in [0.1, 0.15) is 0 Å². The van der Waals surface area contributed by atoms with Crippen molar-refractivity contribution in [2.75, 3.05) is 39.4 Å². The number of piperidine rings is 1. The quantitative estimate of drug-likeness (QED) is 0.825. The van der Waals surface area contributed by atoms with Gasteiger partial charge in [0.25, 0.3) is 0 Å². The van der Waals surface area contributed by atoms with Crippen LogP contribution in [0.25, 0.3) is 0 Å². The van der Waals surface area contributed by atoms with E-state index in [0.29, 0.717) is 24.7 Å². The molecule has 0 aliphatic carbocycles. The van der Waals surface area contributed by atoms with Crippen LogP contribution in [0.5, 0.6) is 0 Å². The van der Waals surface area contributed by atoms with Crippen LogP contribution in [0.1, 0.15) is 18.4 Å². The van der Waals surface area contributed by atoms with Crippen molar-refractivity contribution < 1.29 is 13.2 Å². The molecule has 1 aromatic rings. The fraction of sp³-hybridized carbons (Fsp3) is 0.562. The van der Waals surface area contributed by atoms with Crippen LogP contribution in [-0.4, -0.2) is 63.1 Å². The number of morpholine rings is 1. The molecule has 23 heavy (non-hydrogen) atoms. The predicted octanol–water partition coefficient (Wildman–Crippen LogP) is 1.04. The molecule has 2 aliphatic heterocycles. The molecule has 3 rings (SSSR count). The van der Waals surface area contributed by atoms with Gasteiger partial charge in [0.2, 0.25) is 10.0 Å². The number of nitrogens with zero attached hydrogens (tertiary/aromatic N) is 3. The molecule has 0 aromatic heterocycles. The van der Waals surface area contributed by atoms with E-state index in [-0.39, 0.29) is 4.90 Å². The molecular formula is C16H21N3O3S. The molecule has 2 heterocycles. The van der Waals surface area contributed by atoms with Gasteiger partial charge >= 0.3 is 0 Å². The first-order chi connectivity index (χ1) is 11.1. The molecule has 0 N–H and O–H groups in total. The van der Waals surface area contributed by atoms with Crippen LogP contribution < -0.4 is 0 Å². The van der Waals surface area contributed by atoms with Crippen LogP contribution in [0, 0.1) is 11.3 Å². The first kappa shape index (κ1) is 16.4. The van der Waals surface area contributed by atoms with E-state index in [1.807, 2.05) is 6.07 Å². The van der Waals surface area contributed by atoms with E-state index < -0.39 is 10.0 Å². The number of ether oxygens (including phenoxy) is 1. The summed E-state index contributed by atoms with van der Waals surface area (Å²) in [6.45, 7) is 4.45. The van der Waals surface area contributed by atoms with E-state index in [2.05, 4.69) is 4.90 Å². The van der Waals surface area contributed by atoms with E-state index in [4.69, 9.17) is 10.00 Å². The lowest BCUT2D eigenvalue weighted by Gasteiger charge is -2.39. The third-order valence-corrected chi connectivity index (χ3v) is 6.48. The van der Waals surface area contributed by atoms with Crippen molar-refractivity contribution in [1.82, 2.24) is 9.21 Å². The molecule has 2 fully saturated rings. The average Bonchev–Trinajstić information content (AvgIpc) is 2.62. The van der Waals surface area contributed by atoms with E-state index in [1.54, 1.807) is 22.5 Å². The third-order valence-electron chi connectivity index (χ3n) is 4.59. The molecule has 1 aromatic carbocycles. The van der Waals surface area contributed by atoms with Gasteiger partial charge in [-0.2, -0.15) is 9.57 Å². The van der Waals surface area contributed by atoms with Gasteiger partial charge in [-0.15, -0.1) is 0 Å². The fourth-order valence-corrected chi connectivity index (χ4v) is 4.78. The number of sulfonamides is 1. The molecule has 2 aliphatic rings. The Hall–Kier alpha value is -1.46. The summed E-state index contributed by atoms with van der Waals surface area (Å²) in [5.41, 5.74) is 0.370. The Morgan fingerprint density at radius 3 is 2.48 bits per heavy atom. The first-order valence-corrected chi connectivity index (χ1v) is 9.37. The largest absolute Gasteiger partial charge is 0.379 e. The van der Waals surface area contributed by atoms with Gasteiger partial charge in [-0.3, -0.25) is 4.90 Å². The monoisotopic (exact) mass is 335 g/mol. The van der Waals surface area contributed by atoms with Crippen molar-refractivity contribution >= 4 is 10.0 Å². The van der Waals surface area contributed by atoms with E-state index >= 15 is 0 Å². The Bertz CT molecular complexity index is 685. The minimum Gasteiger partial charge on any atom is -0.379 e. The topological polar surface area (TPSA) is 73.6 Å². The maximum atomic E-state index is 12.7. The summed E-state index contributed by atoms with van der Waals surface area (Å²) in [6.07, 6.45) is 1.69. The second kappa shape index (κ2) is 6.97. The minimum atomic E-state index is -3.51. The summed E-state index contributed by atoms with van der Waals surface area (Å²) < 4.78 is 32.4. The van der Waals surface area contributed by atoms with Gasteiger partial charge in [-0.05, 0) is 31.0 Å². The number of hydrogen-bond donors (Lipinski definition) is 0. The standard InChI is InChI=1S/C16H21N3O3S/c17-13-14-2-1-3-16(12-14)23(20,21)19-6-4-15(5-7-19)18-8-10-22-11-9-18/h1-3,12,15H,4-11H2. The lowest BCUT2D eigenvalue weighted by Crippen LogP contribution is -2.50. The number of hydrogen-bond acceptors (Lipinski definition) is 5. The second-order valence-corrected chi connectivity index (χ2v) is 7.86. The maximum absolute atomic E-state index is 12.7. The summed E-state index contributed by atoms with van der Waals surface area (Å²) in [4.78, 5) is 2.62. The lowest BCUT2D eigenvalue weighted by molar-refractivity contribution is 0.00610. The van der Waals surface area contributed by atoms with Crippen molar-refractivity contribution in [2.24, 2.45) is 0 Å². The molecule has 124 valence electrons. The van der Waals surface area contributed by atoms with Crippen LogP contribution in [0.3, 0.4) is 0 Å². The van der Waals surface area contributed by atoms with Crippen molar-refractivity contribution in [3.8, 4) is 6.07 Å². The second-order valence-electron chi connectivity index (χ2n) is 5.92. The predicted molar refractivity (Wildman–Crippen MR) is 85.3 cm³/mol. The van der Waals surface area contributed by atoms with Crippen LogP contribution in [0.15, 0.2) is 29.2 Å². The van der Waals surface area contributed by atoms with Gasteiger partial charge in [0, 0.05) is 32.2 Å². The molecule has 0 radical (unpaired) electrons. The van der Waals surface area contributed by atoms with Crippen LogP contribution >= 0.6 is 0 Å². The van der Waals surface area contributed by atoms with Crippen LogP contribution in [0.2, 0.25) is 0 Å². The van der Waals surface area contributed by atoms with Gasteiger partial charge in [-0.25, -0.2) is 8.42 Å². The highest BCUT2D eigenvalue weighted by molar-refractivity contribution is 7.89. The van der Waals surface area contributed by atoms with Gasteiger partial charge in [-0.1, -0.05) is 6.07 Å². The highest BCUT2D eigenvalue weighted by Gasteiger charge is 2.32. The molecule has 2 saturated heterocycles. The molecule has 7 heteroatoms. The zero-order valence-electron chi connectivity index (χ0n) is 13.0. The van der Waals surface area contributed by atoms with Gasteiger partial charge < -0.3 is 4.74 Å². The SMILES string of the molecule is N#Cc1cccc(S(=O)(=O)N2CCC(N3CCOCC3)CC2)c1. The Morgan fingerprint density at radius 2 is 1.83 bits per heavy atom. The summed E-state index contributed by atoms with van der Waals surface area (Å²) in [5.74, 6) is 0. The zero-order chi connectivity index (χ0) is 16.3. The van der Waals surface area contributed by atoms with Gasteiger partial charge in [0.15, 0.2) is 0 Å². The Kier molecular flexibility index (Phi) is 4.97. The lowest BCUT2D eigenvalue weighted by atomic mass is 10.0. The van der Waals surface area contributed by atoms with Crippen molar-refractivity contribution in [2.45, 2.75) is 23.8 Å². The van der Waals surface area contributed by atoms with Crippen LogP contribution in [0.4, 0.5) is 0 Å². The molecule has 0 spiro atoms. The Labute approximate surface area is 137 Å². The highest BCUT2D eigenvalue weighted by Crippen LogP contribution is 2.24. The summed E-state index contributed by atoms with van der Waals surface area (Å²) >= 11 is 0. The third kappa shape index (κ3) is 3.56. The first-order valence-electron chi connectivity index (χ1n) is 7.93. The smallest absolute Gasteiger partial charge is 0.243 e. The molecular weight excluding hydrogens is 314 g/mol. The van der Waals surface area contributed by atoms with Crippen molar-refractivity contribution in [1.29, 1.82) is 5.26 Å². The number of benzene rings is 1. The van der Waals surface area contributed by atoms with E-state index in [1.165, 1.54) is 6.07 Å². The summed E-state index contributed by atoms with van der Waals surface area (Å²) in [6, 6.07) is 8.67. The average molecular weight is 335 g/mol. The molecule has 0 bridgehead atoms. The molecule has 0 amide bonds. The van der Waals surface area contributed by atoms with E-state index in [9.17, 15) is 8.42 Å². The summed E-state index contributed by atoms with van der Waals surface area (Å²) in [7, 11) is -3.51. The number of nitriles is 1. The Morgan fingerprint density at radius 1 is 1.13 bits per heavy atom. The zero-order valence-corrected chi connectivity index (χ0v) is 13.8. The fourth-order valence-electron chi connectivity index (χ4n) is 3.27. The minimum absolute atomic E-state index is 0.210. The normalized spacial score (nSPS) is 21.9. The van der Waals surface area contributed by atoms with Crippen molar-refractivity contribution in [3.63, 3.8) is 0 Å². The van der Waals surface area contributed by atoms with E-state index in [0.717, 1.165) is 39.1 Å². The molecule has 0 saturated carbocycles. The highest BCUT2D eigenvalue weighted by atomic mass is 32.2. The van der Waals surface area contributed by atoms with Crippen molar-refractivity contribution in [3.05, 3.63) is 29.8 Å². The number of rotatable bonds is 3. The maximum Gasteiger partial charge on any atom is 0.243 e. The summed E-state index contributed by atoms with van der Waals surface area (Å²) in [5, 5.41) is 8.94. The molecule has 0 atom stereocenters. The van der Waals surface area contributed by atoms with Gasteiger partial charge in [0.05, 0.1) is 29.7 Å². The van der Waals surface area contributed by atoms with Crippen LogP contribution in [-0.2, 0) is 14.8 Å². The Balaban J connectivity index is 1.67. The molecule has 6 nitrogen and oxygen atoms in total.